The Hall–Kier alpha value is -7.01. The van der Waals surface area contributed by atoms with Crippen molar-refractivity contribution in [3.05, 3.63) is 212 Å². The normalized spacial score (nSPS) is 12.6. The maximum absolute atomic E-state index is 2.68. The number of fused-ring (bicyclic) bond motifs is 7. The van der Waals surface area contributed by atoms with Gasteiger partial charge in [0.15, 0.2) is 0 Å². The summed E-state index contributed by atoms with van der Waals surface area (Å²) < 4.78 is 2.48. The Morgan fingerprint density at radius 3 is 1.73 bits per heavy atom. The number of unbranched alkanes of at least 4 members (excludes halogenated alkanes) is 3. The van der Waals surface area contributed by atoms with E-state index in [1.807, 2.05) is 11.8 Å². The predicted molar refractivity (Wildman–Crippen MR) is 275 cm³/mol. The van der Waals surface area contributed by atoms with Gasteiger partial charge in [0.2, 0.25) is 6.71 Å². The van der Waals surface area contributed by atoms with Crippen molar-refractivity contribution >= 4 is 73.7 Å². The van der Waals surface area contributed by atoms with Crippen molar-refractivity contribution in [3.8, 4) is 39.1 Å². The van der Waals surface area contributed by atoms with Gasteiger partial charge in [0, 0.05) is 48.8 Å². The summed E-state index contributed by atoms with van der Waals surface area (Å²) in [5, 5.41) is 2.53. The van der Waals surface area contributed by atoms with Crippen LogP contribution in [-0.2, 0) is 6.42 Å². The Balaban J connectivity index is 1.19. The molecule has 0 amide bonds. The molecule has 2 aliphatic rings. The van der Waals surface area contributed by atoms with E-state index in [0.717, 1.165) is 12.1 Å². The van der Waals surface area contributed by atoms with Gasteiger partial charge < -0.3 is 9.47 Å². The number of nitrogens with zero attached hydrogens (tertiary/aromatic N) is 2. The van der Waals surface area contributed by atoms with Crippen molar-refractivity contribution in [2.24, 2.45) is 0 Å². The van der Waals surface area contributed by atoms with Crippen LogP contribution < -0.4 is 21.3 Å². The number of para-hydroxylation sites is 3. The first-order valence-electron chi connectivity index (χ1n) is 22.9. The van der Waals surface area contributed by atoms with Gasteiger partial charge in [0.1, 0.15) is 0 Å². The fourth-order valence-corrected chi connectivity index (χ4v) is 11.8. The Bertz CT molecular complexity index is 3250. The van der Waals surface area contributed by atoms with Crippen LogP contribution in [0.4, 0.5) is 17.1 Å². The number of hydrogen-bond donors (Lipinski definition) is 0. The second kappa shape index (κ2) is 16.3. The average Bonchev–Trinajstić information content (AvgIpc) is 3.70. The Morgan fingerprint density at radius 1 is 0.453 bits per heavy atom. The highest BCUT2D eigenvalue weighted by molar-refractivity contribution is 8.00. The molecule has 9 aromatic carbocycles. The molecular formula is C60H47BN2S. The number of rotatable bonds is 10. The zero-order valence-electron chi connectivity index (χ0n) is 36.0. The van der Waals surface area contributed by atoms with Gasteiger partial charge in [0.05, 0.1) is 16.7 Å². The van der Waals surface area contributed by atoms with Crippen molar-refractivity contribution in [1.29, 1.82) is 0 Å². The summed E-state index contributed by atoms with van der Waals surface area (Å²) >= 11 is 1.96. The molecule has 0 spiro atoms. The zero-order chi connectivity index (χ0) is 42.6. The number of aryl methyl sites for hydroxylation is 1. The molecule has 0 saturated heterocycles. The first-order chi connectivity index (χ1) is 31.7. The minimum atomic E-state index is 0.0431. The van der Waals surface area contributed by atoms with Crippen molar-refractivity contribution in [3.63, 3.8) is 0 Å². The highest BCUT2D eigenvalue weighted by Gasteiger charge is 2.42. The molecule has 0 aliphatic carbocycles. The molecule has 3 heterocycles. The van der Waals surface area contributed by atoms with Gasteiger partial charge >= 0.3 is 0 Å². The molecule has 0 fully saturated rings. The quantitative estimate of drug-likeness (QED) is 0.100. The molecule has 0 atom stereocenters. The lowest BCUT2D eigenvalue weighted by atomic mass is 9.34. The lowest BCUT2D eigenvalue weighted by Crippen LogP contribution is -2.60. The second-order valence-corrected chi connectivity index (χ2v) is 18.5. The molecule has 12 rings (SSSR count). The van der Waals surface area contributed by atoms with Crippen molar-refractivity contribution in [1.82, 2.24) is 4.57 Å². The van der Waals surface area contributed by atoms with E-state index in [-0.39, 0.29) is 6.71 Å². The average molecular weight is 839 g/mol. The SMILES string of the molecule is CCCCCCc1cc2c3c(c1)N(c1c(-c4ccccc4)cccc1-c1ccccc1)c1cc(-n4c5ccccc5c5ccccc54)ccc1B3c1cc(-c3ccccc3)ccc1S2. The molecule has 306 valence electrons. The van der Waals surface area contributed by atoms with Crippen LogP contribution >= 0.6 is 11.8 Å². The third-order valence-corrected chi connectivity index (χ3v) is 14.7. The van der Waals surface area contributed by atoms with Gasteiger partial charge in [0.25, 0.3) is 0 Å². The standard InChI is InChI=1S/C60H47BN2S/c1-2-3-4-8-20-41-37-56-59-58(38-41)64-57-36-33-45(42-21-9-5-10-22-42)39-52(57)61(59)51-35-34-46(62-53-31-17-15-27-49(53)50-28-16-18-32-54(50)62)40-55(51)63(56)60-47(43-23-11-6-12-24-43)29-19-30-48(60)44-25-13-7-14-26-44/h5-7,9-19,21-40H,2-4,8,20H2,1H3. The lowest BCUT2D eigenvalue weighted by Gasteiger charge is -2.42. The van der Waals surface area contributed by atoms with Crippen LogP contribution in [0.3, 0.4) is 0 Å². The van der Waals surface area contributed by atoms with E-state index >= 15 is 0 Å². The summed E-state index contributed by atoms with van der Waals surface area (Å²) in [6.07, 6.45) is 5.97. The van der Waals surface area contributed by atoms with Crippen LogP contribution in [0.1, 0.15) is 38.2 Å². The molecule has 10 aromatic rings. The number of benzene rings is 9. The summed E-state index contributed by atoms with van der Waals surface area (Å²) in [4.78, 5) is 5.38. The first-order valence-corrected chi connectivity index (χ1v) is 23.8. The van der Waals surface area contributed by atoms with Crippen molar-refractivity contribution < 1.29 is 0 Å². The van der Waals surface area contributed by atoms with E-state index in [1.54, 1.807) is 0 Å². The van der Waals surface area contributed by atoms with Gasteiger partial charge in [-0.15, -0.1) is 0 Å². The highest BCUT2D eigenvalue weighted by Crippen LogP contribution is 2.50. The van der Waals surface area contributed by atoms with E-state index in [4.69, 9.17) is 0 Å². The smallest absolute Gasteiger partial charge is 0.249 e. The van der Waals surface area contributed by atoms with Crippen LogP contribution in [0, 0.1) is 0 Å². The monoisotopic (exact) mass is 838 g/mol. The highest BCUT2D eigenvalue weighted by atomic mass is 32.2. The molecule has 0 unspecified atom stereocenters. The zero-order valence-corrected chi connectivity index (χ0v) is 36.9. The van der Waals surface area contributed by atoms with Gasteiger partial charge in [-0.05, 0) is 94.0 Å². The molecule has 0 N–H and O–H groups in total. The van der Waals surface area contributed by atoms with E-state index in [1.165, 1.54) is 130 Å². The molecule has 64 heavy (non-hydrogen) atoms. The summed E-state index contributed by atoms with van der Waals surface area (Å²) in [5.74, 6) is 0. The van der Waals surface area contributed by atoms with Gasteiger partial charge in [-0.25, -0.2) is 0 Å². The summed E-state index contributed by atoms with van der Waals surface area (Å²) in [6.45, 7) is 2.35. The summed E-state index contributed by atoms with van der Waals surface area (Å²) in [7, 11) is 0. The van der Waals surface area contributed by atoms with E-state index in [2.05, 4.69) is 223 Å². The topological polar surface area (TPSA) is 8.17 Å². The number of anilines is 3. The molecule has 1 aromatic heterocycles. The van der Waals surface area contributed by atoms with Crippen LogP contribution in [0.2, 0.25) is 0 Å². The molecule has 0 saturated carbocycles. The van der Waals surface area contributed by atoms with Crippen LogP contribution in [0.5, 0.6) is 0 Å². The number of hydrogen-bond acceptors (Lipinski definition) is 2. The Kier molecular flexibility index (Phi) is 9.83. The van der Waals surface area contributed by atoms with Gasteiger partial charge in [-0.1, -0.05) is 207 Å². The fourth-order valence-electron chi connectivity index (χ4n) is 10.6. The fraction of sp³-hybridized carbons (Fsp3) is 0.100. The molecule has 0 bridgehead atoms. The second-order valence-electron chi connectivity index (χ2n) is 17.4. The van der Waals surface area contributed by atoms with E-state index in [9.17, 15) is 0 Å². The Labute approximate surface area is 380 Å². The third-order valence-electron chi connectivity index (χ3n) is 13.5. The molecule has 2 nitrogen and oxygen atoms in total. The van der Waals surface area contributed by atoms with Gasteiger partial charge in [-0.2, -0.15) is 0 Å². The van der Waals surface area contributed by atoms with E-state index in [0.29, 0.717) is 0 Å². The molecule has 0 radical (unpaired) electrons. The minimum Gasteiger partial charge on any atom is -0.310 e. The molecule has 2 aliphatic heterocycles. The van der Waals surface area contributed by atoms with Crippen LogP contribution in [0.15, 0.2) is 216 Å². The maximum atomic E-state index is 2.68. The van der Waals surface area contributed by atoms with Crippen molar-refractivity contribution in [2.45, 2.75) is 48.8 Å². The predicted octanol–water partition coefficient (Wildman–Crippen LogP) is 14.7. The van der Waals surface area contributed by atoms with Crippen LogP contribution in [0.25, 0.3) is 60.9 Å². The molecule has 4 heteroatoms. The van der Waals surface area contributed by atoms with Crippen LogP contribution in [-0.4, -0.2) is 11.3 Å². The third kappa shape index (κ3) is 6.51. The summed E-state index contributed by atoms with van der Waals surface area (Å²) in [6, 6.07) is 77.2. The maximum Gasteiger partial charge on any atom is 0.249 e. The summed E-state index contributed by atoms with van der Waals surface area (Å²) in [5.41, 5.74) is 20.1. The minimum absolute atomic E-state index is 0.0431. The first kappa shape index (κ1) is 38.7. The van der Waals surface area contributed by atoms with Crippen molar-refractivity contribution in [2.75, 3.05) is 4.90 Å². The lowest BCUT2D eigenvalue weighted by molar-refractivity contribution is 0.666. The molecular weight excluding hydrogens is 792 g/mol. The largest absolute Gasteiger partial charge is 0.310 e. The Morgan fingerprint density at radius 2 is 1.08 bits per heavy atom. The number of aromatic nitrogens is 1. The van der Waals surface area contributed by atoms with E-state index < -0.39 is 0 Å². The van der Waals surface area contributed by atoms with Gasteiger partial charge in [-0.3, -0.25) is 0 Å².